The van der Waals surface area contributed by atoms with Gasteiger partial charge in [0.1, 0.15) is 5.82 Å². The summed E-state index contributed by atoms with van der Waals surface area (Å²) >= 11 is 1.46. The number of thioether (sulfide) groups is 1. The molecular weight excluding hydrogens is 502 g/mol. The summed E-state index contributed by atoms with van der Waals surface area (Å²) in [5.41, 5.74) is 3.10. The van der Waals surface area contributed by atoms with Crippen molar-refractivity contribution in [2.24, 2.45) is 5.41 Å². The van der Waals surface area contributed by atoms with Gasteiger partial charge >= 0.3 is 0 Å². The summed E-state index contributed by atoms with van der Waals surface area (Å²) in [4.78, 5) is 35.0. The van der Waals surface area contributed by atoms with Gasteiger partial charge in [-0.1, -0.05) is 55.9 Å². The van der Waals surface area contributed by atoms with E-state index in [4.69, 9.17) is 19.2 Å². The second-order valence-corrected chi connectivity index (χ2v) is 11.2. The van der Waals surface area contributed by atoms with Crippen LogP contribution in [0.5, 0.6) is 17.2 Å². The predicted octanol–water partition coefficient (Wildman–Crippen LogP) is 5.29. The maximum Gasteiger partial charge on any atom is 0.257 e. The van der Waals surface area contributed by atoms with Gasteiger partial charge in [-0.15, -0.1) is 0 Å². The standard InChI is InChI=1S/C29H31N3O5S/c1-29(2)13-18-23(19(33)14-29)22(17-11-20(35-3)25(37-5)21(12-17)36-4)24-26(30-18)31-28(32-27(24)34)38-15-16-9-7-6-8-10-16/h6-12,22H,13-15H2,1-5H3,(H2,30,31,32,34)/t22-/m0/s1. The zero-order valence-electron chi connectivity index (χ0n) is 22.1. The average Bonchev–Trinajstić information content (AvgIpc) is 2.89. The quantitative estimate of drug-likeness (QED) is 0.312. The van der Waals surface area contributed by atoms with E-state index in [-0.39, 0.29) is 16.8 Å². The summed E-state index contributed by atoms with van der Waals surface area (Å²) < 4.78 is 16.7. The number of H-pyrrole nitrogens is 1. The number of fused-ring (bicyclic) bond motifs is 1. The van der Waals surface area contributed by atoms with Gasteiger partial charge in [0.2, 0.25) is 5.75 Å². The molecule has 5 rings (SSSR count). The van der Waals surface area contributed by atoms with Crippen molar-refractivity contribution in [2.75, 3.05) is 26.6 Å². The molecule has 0 spiro atoms. The normalized spacial score (nSPS) is 17.8. The zero-order chi connectivity index (χ0) is 27.0. The van der Waals surface area contributed by atoms with E-state index in [0.717, 1.165) is 11.3 Å². The third-order valence-electron chi connectivity index (χ3n) is 6.94. The second kappa shape index (κ2) is 10.2. The van der Waals surface area contributed by atoms with Gasteiger partial charge in [-0.3, -0.25) is 9.59 Å². The summed E-state index contributed by atoms with van der Waals surface area (Å²) in [7, 11) is 4.62. The number of carbonyl (C=O) groups is 1. The van der Waals surface area contributed by atoms with Crippen LogP contribution in [0.2, 0.25) is 0 Å². The Bertz CT molecular complexity index is 1450. The average molecular weight is 534 g/mol. The number of aromatic nitrogens is 2. The fraction of sp³-hybridized carbons (Fsp3) is 0.345. The lowest BCUT2D eigenvalue weighted by Gasteiger charge is -2.38. The molecule has 0 radical (unpaired) electrons. The molecule has 0 amide bonds. The number of carbonyl (C=O) groups excluding carboxylic acids is 1. The van der Waals surface area contributed by atoms with Crippen LogP contribution in [-0.4, -0.2) is 37.1 Å². The number of ketones is 1. The number of nitrogens with one attached hydrogen (secondary N) is 2. The molecule has 9 heteroatoms. The van der Waals surface area contributed by atoms with Crippen LogP contribution in [0.3, 0.4) is 0 Å². The molecule has 2 N–H and O–H groups in total. The van der Waals surface area contributed by atoms with Crippen LogP contribution in [0.1, 0.15) is 49.3 Å². The number of rotatable bonds is 7. The van der Waals surface area contributed by atoms with Gasteiger partial charge in [-0.25, -0.2) is 4.98 Å². The topological polar surface area (TPSA) is 103 Å². The first kappa shape index (κ1) is 25.9. The molecule has 3 aromatic rings. The minimum Gasteiger partial charge on any atom is -0.493 e. The van der Waals surface area contributed by atoms with Gasteiger partial charge in [0.05, 0.1) is 26.9 Å². The van der Waals surface area contributed by atoms with Crippen molar-refractivity contribution >= 4 is 23.4 Å². The smallest absolute Gasteiger partial charge is 0.257 e. The number of anilines is 1. The highest BCUT2D eigenvalue weighted by Gasteiger charge is 2.43. The molecule has 0 bridgehead atoms. The van der Waals surface area contributed by atoms with E-state index in [1.54, 1.807) is 26.4 Å². The van der Waals surface area contributed by atoms with Crippen molar-refractivity contribution in [3.05, 3.63) is 80.8 Å². The number of methoxy groups -OCH3 is 3. The number of ether oxygens (including phenoxy) is 3. The molecule has 0 fully saturated rings. The van der Waals surface area contributed by atoms with Crippen molar-refractivity contribution in [1.29, 1.82) is 0 Å². The minimum absolute atomic E-state index is 0.00933. The third kappa shape index (κ3) is 4.78. The largest absolute Gasteiger partial charge is 0.493 e. The van der Waals surface area contributed by atoms with Crippen LogP contribution in [0.25, 0.3) is 0 Å². The number of nitrogens with zero attached hydrogens (tertiary/aromatic N) is 1. The lowest BCUT2D eigenvalue weighted by atomic mass is 9.69. The molecule has 0 unspecified atom stereocenters. The van der Waals surface area contributed by atoms with Crippen molar-refractivity contribution in [3.63, 3.8) is 0 Å². The highest BCUT2D eigenvalue weighted by atomic mass is 32.2. The Morgan fingerprint density at radius 1 is 1.00 bits per heavy atom. The van der Waals surface area contributed by atoms with Crippen LogP contribution in [0.4, 0.5) is 5.82 Å². The molecule has 0 saturated heterocycles. The van der Waals surface area contributed by atoms with Gasteiger partial charge in [-0.05, 0) is 35.1 Å². The van der Waals surface area contributed by atoms with E-state index in [1.165, 1.54) is 18.9 Å². The molecule has 198 valence electrons. The van der Waals surface area contributed by atoms with Crippen LogP contribution in [-0.2, 0) is 10.5 Å². The summed E-state index contributed by atoms with van der Waals surface area (Å²) in [5.74, 6) is 1.85. The molecule has 2 heterocycles. The molecule has 38 heavy (non-hydrogen) atoms. The second-order valence-electron chi connectivity index (χ2n) is 10.3. The zero-order valence-corrected chi connectivity index (χ0v) is 23.0. The van der Waals surface area contributed by atoms with Gasteiger partial charge in [-0.2, -0.15) is 0 Å². The summed E-state index contributed by atoms with van der Waals surface area (Å²) in [6.45, 7) is 4.15. The predicted molar refractivity (Wildman–Crippen MR) is 147 cm³/mol. The Morgan fingerprint density at radius 2 is 1.68 bits per heavy atom. The third-order valence-corrected chi connectivity index (χ3v) is 7.88. The van der Waals surface area contributed by atoms with E-state index >= 15 is 0 Å². The minimum atomic E-state index is -0.636. The molecule has 1 aliphatic heterocycles. The Balaban J connectivity index is 1.66. The molecule has 8 nitrogen and oxygen atoms in total. The summed E-state index contributed by atoms with van der Waals surface area (Å²) in [6.07, 6.45) is 1.05. The molecule has 1 aromatic heterocycles. The number of Topliss-reactive ketones (excluding diaryl/α,β-unsaturated/α-hetero) is 1. The van der Waals surface area contributed by atoms with Crippen LogP contribution >= 0.6 is 11.8 Å². The van der Waals surface area contributed by atoms with Gasteiger partial charge < -0.3 is 24.5 Å². The Morgan fingerprint density at radius 3 is 2.32 bits per heavy atom. The Hall–Kier alpha value is -3.72. The van der Waals surface area contributed by atoms with Gasteiger partial charge in [0, 0.05) is 29.4 Å². The monoisotopic (exact) mass is 533 g/mol. The van der Waals surface area contributed by atoms with E-state index in [1.807, 2.05) is 30.3 Å². The van der Waals surface area contributed by atoms with E-state index in [9.17, 15) is 9.59 Å². The van der Waals surface area contributed by atoms with Gasteiger partial charge in [0.15, 0.2) is 22.4 Å². The van der Waals surface area contributed by atoms with Crippen molar-refractivity contribution in [3.8, 4) is 17.2 Å². The fourth-order valence-corrected chi connectivity index (χ4v) is 6.11. The highest BCUT2D eigenvalue weighted by molar-refractivity contribution is 7.98. The first-order valence-corrected chi connectivity index (χ1v) is 13.4. The highest BCUT2D eigenvalue weighted by Crippen LogP contribution is 2.50. The van der Waals surface area contributed by atoms with Crippen molar-refractivity contribution in [1.82, 2.24) is 9.97 Å². The SMILES string of the molecule is COc1cc([C@H]2C3=C(CC(C)(C)CC3=O)Nc3nc(SCc4ccccc4)[nH]c(=O)c32)cc(OC)c1OC. The van der Waals surface area contributed by atoms with Crippen molar-refractivity contribution in [2.45, 2.75) is 43.5 Å². The van der Waals surface area contributed by atoms with E-state index < -0.39 is 5.92 Å². The maximum absolute atomic E-state index is 13.7. The number of aromatic amines is 1. The first-order valence-electron chi connectivity index (χ1n) is 12.4. The fourth-order valence-electron chi connectivity index (χ4n) is 5.29. The molecule has 1 aliphatic carbocycles. The number of benzene rings is 2. The molecule has 2 aliphatic rings. The van der Waals surface area contributed by atoms with E-state index in [2.05, 4.69) is 24.1 Å². The van der Waals surface area contributed by atoms with Crippen LogP contribution in [0, 0.1) is 5.41 Å². The van der Waals surface area contributed by atoms with Crippen LogP contribution in [0.15, 0.2) is 63.7 Å². The number of hydrogen-bond donors (Lipinski definition) is 2. The van der Waals surface area contributed by atoms with E-state index in [0.29, 0.717) is 63.5 Å². The van der Waals surface area contributed by atoms with Crippen molar-refractivity contribution < 1.29 is 19.0 Å². The Kier molecular flexibility index (Phi) is 6.96. The molecule has 0 saturated carbocycles. The Labute approximate surface area is 225 Å². The lowest BCUT2D eigenvalue weighted by molar-refractivity contribution is -0.118. The first-order chi connectivity index (χ1) is 18.2. The molecular formula is C29H31N3O5S. The number of allylic oxidation sites excluding steroid dienone is 2. The molecule has 2 aromatic carbocycles. The maximum atomic E-state index is 13.7. The van der Waals surface area contributed by atoms with Crippen LogP contribution < -0.4 is 25.1 Å². The summed E-state index contributed by atoms with van der Waals surface area (Å²) in [6, 6.07) is 13.6. The summed E-state index contributed by atoms with van der Waals surface area (Å²) in [5, 5.41) is 3.88. The lowest BCUT2D eigenvalue weighted by Crippen LogP contribution is -2.37. The van der Waals surface area contributed by atoms with Gasteiger partial charge in [0.25, 0.3) is 5.56 Å². The molecule has 1 atom stereocenters. The number of hydrogen-bond acceptors (Lipinski definition) is 8.